The van der Waals surface area contributed by atoms with Crippen LogP contribution in [0.5, 0.6) is 0 Å². The number of fused-ring (bicyclic) bond motifs is 17. The Morgan fingerprint density at radius 2 is 0.713 bits per heavy atom. The molecule has 0 spiro atoms. The predicted octanol–water partition coefficient (Wildman–Crippen LogP) is 21.4. The summed E-state index contributed by atoms with van der Waals surface area (Å²) < 4.78 is 22.4. The highest BCUT2D eigenvalue weighted by Gasteiger charge is 2.26. The van der Waals surface area contributed by atoms with E-state index in [9.17, 15) is 0 Å². The van der Waals surface area contributed by atoms with Crippen LogP contribution in [0, 0.1) is 0 Å². The molecule has 0 saturated heterocycles. The SMILES string of the molecule is c1ccc(-c2cc3c4cc5ccc(N(c6ccc7ccccc7c6)c6ccc7oc8ccccc8c7c6)cc5cc4n4c3c(c2)c2oc3cc(N(c5ccc6ccccc6c5)c5ccc6oc7ccccc7c6c5)ccc3c24)cc1. The zero-order valence-corrected chi connectivity index (χ0v) is 42.9. The lowest BCUT2D eigenvalue weighted by molar-refractivity contribution is 0.668. The van der Waals surface area contributed by atoms with Gasteiger partial charge in [0, 0.05) is 83.3 Å². The average Bonchev–Trinajstić information content (AvgIpc) is 3.83. The number of hydrogen-bond acceptors (Lipinski definition) is 5. The maximum atomic E-state index is 7.27. The molecule has 5 heterocycles. The van der Waals surface area contributed by atoms with Gasteiger partial charge in [0.2, 0.25) is 0 Å². The van der Waals surface area contributed by atoms with Crippen LogP contribution in [0.4, 0.5) is 34.1 Å². The van der Waals surface area contributed by atoms with Crippen molar-refractivity contribution < 1.29 is 13.3 Å². The smallest absolute Gasteiger partial charge is 0.161 e. The van der Waals surface area contributed by atoms with Crippen molar-refractivity contribution in [1.82, 2.24) is 4.40 Å². The molecule has 18 aromatic rings. The van der Waals surface area contributed by atoms with Gasteiger partial charge in [-0.1, -0.05) is 133 Å². The molecule has 0 N–H and O–H groups in total. The van der Waals surface area contributed by atoms with E-state index in [4.69, 9.17) is 13.3 Å². The second kappa shape index (κ2) is 16.4. The highest BCUT2D eigenvalue weighted by Crippen LogP contribution is 2.49. The first-order valence-electron chi connectivity index (χ1n) is 27.2. The molecule has 13 aromatic carbocycles. The molecule has 0 fully saturated rings. The van der Waals surface area contributed by atoms with Crippen molar-refractivity contribution >= 4 is 160 Å². The minimum Gasteiger partial charge on any atom is -0.456 e. The largest absolute Gasteiger partial charge is 0.456 e. The Kier molecular flexibility index (Phi) is 8.85. The monoisotopic (exact) mass is 1020 g/mol. The average molecular weight is 1020 g/mol. The minimum absolute atomic E-state index is 0.815. The molecule has 0 unspecified atom stereocenters. The number of benzene rings is 13. The summed E-state index contributed by atoms with van der Waals surface area (Å²) in [6, 6.07) is 94.0. The molecule has 6 heteroatoms. The lowest BCUT2D eigenvalue weighted by Gasteiger charge is -2.26. The second-order valence-corrected chi connectivity index (χ2v) is 21.3. The molecule has 0 bridgehead atoms. The quantitative estimate of drug-likeness (QED) is 0.159. The first-order valence-corrected chi connectivity index (χ1v) is 27.2. The molecule has 5 aromatic heterocycles. The number of rotatable bonds is 7. The van der Waals surface area contributed by atoms with Crippen molar-refractivity contribution in [3.63, 3.8) is 0 Å². The van der Waals surface area contributed by atoms with Gasteiger partial charge in [0.25, 0.3) is 0 Å². The topological polar surface area (TPSA) is 50.3 Å². The fourth-order valence-electron chi connectivity index (χ4n) is 13.1. The van der Waals surface area contributed by atoms with Crippen LogP contribution in [0.15, 0.2) is 274 Å². The zero-order chi connectivity index (χ0) is 52.2. The highest BCUT2D eigenvalue weighted by atomic mass is 16.3. The summed E-state index contributed by atoms with van der Waals surface area (Å²) in [6.45, 7) is 0. The van der Waals surface area contributed by atoms with Crippen molar-refractivity contribution in [2.75, 3.05) is 9.80 Å². The van der Waals surface area contributed by atoms with E-state index in [2.05, 4.69) is 251 Å². The van der Waals surface area contributed by atoms with Gasteiger partial charge in [0.05, 0.1) is 11.0 Å². The Hall–Kier alpha value is -10.8. The van der Waals surface area contributed by atoms with Gasteiger partial charge in [-0.15, -0.1) is 0 Å². The van der Waals surface area contributed by atoms with Gasteiger partial charge in [-0.25, -0.2) is 0 Å². The number of hydrogen-bond donors (Lipinski definition) is 0. The normalized spacial score (nSPS) is 12.2. The third kappa shape index (κ3) is 6.35. The molecule has 0 aliphatic rings. The number of nitrogens with zero attached hydrogens (tertiary/aromatic N) is 3. The van der Waals surface area contributed by atoms with E-state index in [0.717, 1.165) is 133 Å². The lowest BCUT2D eigenvalue weighted by atomic mass is 9.99. The van der Waals surface area contributed by atoms with Crippen LogP contribution in [0.25, 0.3) is 137 Å². The van der Waals surface area contributed by atoms with E-state index in [0.29, 0.717) is 0 Å². The van der Waals surface area contributed by atoms with Gasteiger partial charge in [0.15, 0.2) is 5.58 Å². The van der Waals surface area contributed by atoms with Crippen molar-refractivity contribution in [3.05, 3.63) is 261 Å². The zero-order valence-electron chi connectivity index (χ0n) is 42.9. The van der Waals surface area contributed by atoms with Gasteiger partial charge < -0.3 is 27.5 Å². The Morgan fingerprint density at radius 3 is 1.35 bits per heavy atom. The maximum absolute atomic E-state index is 7.27. The van der Waals surface area contributed by atoms with Gasteiger partial charge in [0.1, 0.15) is 33.4 Å². The molecule has 0 aliphatic heterocycles. The van der Waals surface area contributed by atoms with E-state index < -0.39 is 0 Å². The Morgan fingerprint density at radius 1 is 0.237 bits per heavy atom. The molecule has 372 valence electrons. The summed E-state index contributed by atoms with van der Waals surface area (Å²) >= 11 is 0. The third-order valence-corrected chi connectivity index (χ3v) is 16.8. The van der Waals surface area contributed by atoms with Crippen LogP contribution < -0.4 is 9.80 Å². The lowest BCUT2D eigenvalue weighted by Crippen LogP contribution is -2.09. The van der Waals surface area contributed by atoms with Gasteiger partial charge in [-0.3, -0.25) is 0 Å². The molecule has 0 aliphatic carbocycles. The van der Waals surface area contributed by atoms with Crippen LogP contribution in [0.3, 0.4) is 0 Å². The third-order valence-electron chi connectivity index (χ3n) is 16.8. The molecular formula is C74H43N3O3. The number of anilines is 6. The Bertz CT molecular complexity index is 5590. The van der Waals surface area contributed by atoms with Crippen LogP contribution in [-0.4, -0.2) is 4.40 Å². The molecule has 6 nitrogen and oxygen atoms in total. The Labute approximate surface area is 456 Å². The summed E-state index contributed by atoms with van der Waals surface area (Å²) in [6.07, 6.45) is 0. The highest BCUT2D eigenvalue weighted by molar-refractivity contribution is 6.28. The fraction of sp³-hybridized carbons (Fsp3) is 0. The minimum atomic E-state index is 0.815. The number of para-hydroxylation sites is 2. The standard InChI is InChI=1S/C74H43N3O3/c1-2-12-44(13-3-1)51-38-64-61-37-49-24-27-54(75(52-25-22-45-14-4-6-16-47(45)34-52)55-29-32-69-62(41-55)58-18-8-10-20-67(58)78-69)36-50(49)40-66(61)77-72(64)65(39-51)74-73(77)60-31-28-57(43-71(60)80-74)76(53-26-23-46-15-5-7-17-48(46)35-53)56-30-33-70-63(42-56)59-19-9-11-21-68(59)79-70/h1-43H. The molecule has 0 atom stereocenters. The van der Waals surface area contributed by atoms with Crippen LogP contribution in [-0.2, 0) is 0 Å². The van der Waals surface area contributed by atoms with Gasteiger partial charge in [-0.05, 0) is 165 Å². The van der Waals surface area contributed by atoms with E-state index in [1.165, 1.54) is 37.7 Å². The molecule has 0 radical (unpaired) electrons. The van der Waals surface area contributed by atoms with Crippen LogP contribution in [0.2, 0.25) is 0 Å². The van der Waals surface area contributed by atoms with Crippen LogP contribution in [0.1, 0.15) is 0 Å². The van der Waals surface area contributed by atoms with Crippen LogP contribution >= 0.6 is 0 Å². The maximum Gasteiger partial charge on any atom is 0.161 e. The summed E-state index contributed by atoms with van der Waals surface area (Å²) in [5.74, 6) is 0. The second-order valence-electron chi connectivity index (χ2n) is 21.3. The Balaban J connectivity index is 0.858. The first kappa shape index (κ1) is 43.3. The number of aromatic nitrogens is 1. The molecular weight excluding hydrogens is 979 g/mol. The van der Waals surface area contributed by atoms with Gasteiger partial charge >= 0.3 is 0 Å². The van der Waals surface area contributed by atoms with E-state index in [1.807, 2.05) is 24.3 Å². The van der Waals surface area contributed by atoms with Crippen molar-refractivity contribution in [2.45, 2.75) is 0 Å². The number of furan rings is 3. The van der Waals surface area contributed by atoms with E-state index in [1.54, 1.807) is 0 Å². The van der Waals surface area contributed by atoms with Crippen molar-refractivity contribution in [1.29, 1.82) is 0 Å². The van der Waals surface area contributed by atoms with E-state index >= 15 is 0 Å². The molecule has 0 saturated carbocycles. The summed E-state index contributed by atoms with van der Waals surface area (Å²) in [4.78, 5) is 4.72. The predicted molar refractivity (Wildman–Crippen MR) is 333 cm³/mol. The summed E-state index contributed by atoms with van der Waals surface area (Å²) in [5, 5.41) is 15.9. The fourth-order valence-corrected chi connectivity index (χ4v) is 13.1. The summed E-state index contributed by atoms with van der Waals surface area (Å²) in [5.41, 5.74) is 17.1. The first-order chi connectivity index (χ1) is 39.6. The van der Waals surface area contributed by atoms with E-state index in [-0.39, 0.29) is 0 Å². The molecule has 80 heavy (non-hydrogen) atoms. The molecule has 0 amide bonds. The van der Waals surface area contributed by atoms with Crippen molar-refractivity contribution in [2.24, 2.45) is 0 Å². The van der Waals surface area contributed by atoms with Gasteiger partial charge in [-0.2, -0.15) is 0 Å². The van der Waals surface area contributed by atoms with Crippen molar-refractivity contribution in [3.8, 4) is 11.1 Å². The summed E-state index contributed by atoms with van der Waals surface area (Å²) in [7, 11) is 0. The molecule has 18 rings (SSSR count).